The van der Waals surface area contributed by atoms with Crippen molar-refractivity contribution in [1.29, 1.82) is 0 Å². The van der Waals surface area contributed by atoms with E-state index in [0.29, 0.717) is 29.3 Å². The number of aryl methyl sites for hydroxylation is 2. The van der Waals surface area contributed by atoms with Crippen molar-refractivity contribution in [2.24, 2.45) is 0 Å². The molecule has 0 aliphatic rings. The SMILES string of the molecule is Cc1cc2oc(=O)cc(CN(C)Cc3c(F)cccc3Cl)c2cc1C. The van der Waals surface area contributed by atoms with E-state index in [1.165, 1.54) is 12.1 Å². The number of benzene rings is 2. The van der Waals surface area contributed by atoms with E-state index in [-0.39, 0.29) is 11.4 Å². The van der Waals surface area contributed by atoms with Gasteiger partial charge in [0.2, 0.25) is 0 Å². The van der Waals surface area contributed by atoms with Gasteiger partial charge in [-0.25, -0.2) is 9.18 Å². The second-order valence-corrected chi connectivity index (χ2v) is 6.80. The number of rotatable bonds is 4. The molecule has 1 aromatic heterocycles. The largest absolute Gasteiger partial charge is 0.423 e. The van der Waals surface area contributed by atoms with Crippen LogP contribution in [0, 0.1) is 19.7 Å². The van der Waals surface area contributed by atoms with Crippen molar-refractivity contribution in [1.82, 2.24) is 4.90 Å². The van der Waals surface area contributed by atoms with Gasteiger partial charge in [0, 0.05) is 35.1 Å². The Morgan fingerprint density at radius 2 is 1.84 bits per heavy atom. The normalized spacial score (nSPS) is 11.4. The van der Waals surface area contributed by atoms with Gasteiger partial charge in [-0.05, 0) is 61.9 Å². The van der Waals surface area contributed by atoms with Gasteiger partial charge in [0.1, 0.15) is 11.4 Å². The standard InChI is InChI=1S/C20H19ClFNO2/c1-12-7-15-14(9-20(24)25-19(15)8-13(12)2)10-23(3)11-16-17(21)5-4-6-18(16)22/h4-9H,10-11H2,1-3H3. The Morgan fingerprint density at radius 1 is 1.12 bits per heavy atom. The Bertz CT molecular complexity index is 977. The number of hydrogen-bond donors (Lipinski definition) is 0. The molecule has 0 fully saturated rings. The fourth-order valence-electron chi connectivity index (χ4n) is 2.91. The van der Waals surface area contributed by atoms with Gasteiger partial charge in [-0.3, -0.25) is 4.90 Å². The van der Waals surface area contributed by atoms with Crippen LogP contribution in [0.1, 0.15) is 22.3 Å². The lowest BCUT2D eigenvalue weighted by Gasteiger charge is -2.19. The van der Waals surface area contributed by atoms with Gasteiger partial charge in [0.15, 0.2) is 0 Å². The Morgan fingerprint density at radius 3 is 2.56 bits per heavy atom. The van der Waals surface area contributed by atoms with E-state index < -0.39 is 0 Å². The van der Waals surface area contributed by atoms with Gasteiger partial charge in [-0.15, -0.1) is 0 Å². The predicted molar refractivity (Wildman–Crippen MR) is 98.5 cm³/mol. The minimum atomic E-state index is -0.386. The molecule has 0 saturated carbocycles. The van der Waals surface area contributed by atoms with Crippen molar-refractivity contribution >= 4 is 22.6 Å². The average molecular weight is 360 g/mol. The summed E-state index contributed by atoms with van der Waals surface area (Å²) in [5.41, 5.74) is 3.68. The molecule has 0 N–H and O–H groups in total. The van der Waals surface area contributed by atoms with Crippen molar-refractivity contribution < 1.29 is 8.81 Å². The molecule has 0 amide bonds. The Labute approximate surface area is 150 Å². The highest BCUT2D eigenvalue weighted by Gasteiger charge is 2.13. The Hall–Kier alpha value is -2.17. The van der Waals surface area contributed by atoms with Crippen LogP contribution < -0.4 is 5.63 Å². The highest BCUT2D eigenvalue weighted by molar-refractivity contribution is 6.31. The summed E-state index contributed by atoms with van der Waals surface area (Å²) in [5, 5.41) is 1.30. The summed E-state index contributed by atoms with van der Waals surface area (Å²) < 4.78 is 19.3. The van der Waals surface area contributed by atoms with Crippen molar-refractivity contribution in [3.8, 4) is 0 Å². The average Bonchev–Trinajstić information content (AvgIpc) is 2.53. The van der Waals surface area contributed by atoms with E-state index in [4.69, 9.17) is 16.0 Å². The molecule has 3 nitrogen and oxygen atoms in total. The maximum Gasteiger partial charge on any atom is 0.336 e. The Kier molecular flexibility index (Phi) is 4.93. The third-order valence-corrected chi connectivity index (χ3v) is 4.73. The molecule has 0 aliphatic heterocycles. The quantitative estimate of drug-likeness (QED) is 0.625. The molecule has 3 aromatic rings. The first kappa shape index (κ1) is 17.6. The molecule has 0 aliphatic carbocycles. The smallest absolute Gasteiger partial charge is 0.336 e. The first-order valence-corrected chi connectivity index (χ1v) is 8.38. The topological polar surface area (TPSA) is 33.5 Å². The molecule has 0 radical (unpaired) electrons. The van der Waals surface area contributed by atoms with Gasteiger partial charge in [0.25, 0.3) is 0 Å². The van der Waals surface area contributed by atoms with E-state index >= 15 is 0 Å². The number of nitrogens with zero attached hydrogens (tertiary/aromatic N) is 1. The third-order valence-electron chi connectivity index (χ3n) is 4.37. The molecular formula is C20H19ClFNO2. The van der Waals surface area contributed by atoms with E-state index in [2.05, 4.69) is 0 Å². The summed E-state index contributed by atoms with van der Waals surface area (Å²) in [6.07, 6.45) is 0. The van der Waals surface area contributed by atoms with Crippen LogP contribution in [-0.2, 0) is 13.1 Å². The van der Waals surface area contributed by atoms with Crippen LogP contribution in [0.15, 0.2) is 45.6 Å². The molecular weight excluding hydrogens is 341 g/mol. The summed E-state index contributed by atoms with van der Waals surface area (Å²) in [7, 11) is 1.87. The molecule has 5 heteroatoms. The minimum Gasteiger partial charge on any atom is -0.423 e. The number of halogens is 2. The van der Waals surface area contributed by atoms with E-state index in [1.807, 2.05) is 37.9 Å². The lowest BCUT2D eigenvalue weighted by atomic mass is 10.0. The van der Waals surface area contributed by atoms with Gasteiger partial charge >= 0.3 is 5.63 Å². The first-order chi connectivity index (χ1) is 11.8. The molecule has 0 atom stereocenters. The van der Waals surface area contributed by atoms with Gasteiger partial charge < -0.3 is 4.42 Å². The monoisotopic (exact) mass is 359 g/mol. The van der Waals surface area contributed by atoms with Crippen LogP contribution in [-0.4, -0.2) is 11.9 Å². The first-order valence-electron chi connectivity index (χ1n) is 8.00. The molecule has 130 valence electrons. The highest BCUT2D eigenvalue weighted by Crippen LogP contribution is 2.24. The van der Waals surface area contributed by atoms with E-state index in [1.54, 1.807) is 12.1 Å². The zero-order chi connectivity index (χ0) is 18.1. The lowest BCUT2D eigenvalue weighted by molar-refractivity contribution is 0.314. The van der Waals surface area contributed by atoms with Crippen LogP contribution >= 0.6 is 11.6 Å². The van der Waals surface area contributed by atoms with Crippen LogP contribution in [0.25, 0.3) is 11.0 Å². The molecule has 25 heavy (non-hydrogen) atoms. The fourth-order valence-corrected chi connectivity index (χ4v) is 3.14. The van der Waals surface area contributed by atoms with E-state index in [9.17, 15) is 9.18 Å². The van der Waals surface area contributed by atoms with Gasteiger partial charge in [0.05, 0.1) is 0 Å². The van der Waals surface area contributed by atoms with Crippen LogP contribution in [0.5, 0.6) is 0 Å². The van der Waals surface area contributed by atoms with Gasteiger partial charge in [-0.2, -0.15) is 0 Å². The molecule has 0 bridgehead atoms. The summed E-state index contributed by atoms with van der Waals surface area (Å²) in [6, 6.07) is 10.1. The van der Waals surface area contributed by atoms with Crippen LogP contribution in [0.2, 0.25) is 5.02 Å². The maximum atomic E-state index is 14.0. The van der Waals surface area contributed by atoms with E-state index in [0.717, 1.165) is 22.1 Å². The van der Waals surface area contributed by atoms with Crippen LogP contribution in [0.4, 0.5) is 4.39 Å². The lowest BCUT2D eigenvalue weighted by Crippen LogP contribution is -2.19. The van der Waals surface area contributed by atoms with Crippen molar-refractivity contribution in [2.75, 3.05) is 7.05 Å². The summed E-state index contributed by atoms with van der Waals surface area (Å²) in [5.74, 6) is -0.330. The highest BCUT2D eigenvalue weighted by atomic mass is 35.5. The minimum absolute atomic E-state index is 0.330. The second kappa shape index (κ2) is 6.98. The summed E-state index contributed by atoms with van der Waals surface area (Å²) >= 11 is 6.10. The van der Waals surface area contributed by atoms with Crippen LogP contribution in [0.3, 0.4) is 0 Å². The van der Waals surface area contributed by atoms with Gasteiger partial charge in [-0.1, -0.05) is 17.7 Å². The molecule has 1 heterocycles. The number of hydrogen-bond acceptors (Lipinski definition) is 3. The summed E-state index contributed by atoms with van der Waals surface area (Å²) in [4.78, 5) is 13.8. The maximum absolute atomic E-state index is 14.0. The molecule has 3 rings (SSSR count). The summed E-state index contributed by atoms with van der Waals surface area (Å²) in [6.45, 7) is 4.83. The molecule has 0 spiro atoms. The fraction of sp³-hybridized carbons (Fsp3) is 0.250. The molecule has 0 saturated heterocycles. The molecule has 2 aromatic carbocycles. The molecule has 0 unspecified atom stereocenters. The Balaban J connectivity index is 1.94. The predicted octanol–water partition coefficient (Wildman–Crippen LogP) is 4.83. The van der Waals surface area contributed by atoms with Crippen molar-refractivity contribution in [3.63, 3.8) is 0 Å². The third kappa shape index (κ3) is 3.75. The van der Waals surface area contributed by atoms with Crippen molar-refractivity contribution in [3.05, 3.63) is 79.9 Å². The second-order valence-electron chi connectivity index (χ2n) is 6.40. The zero-order valence-electron chi connectivity index (χ0n) is 14.4. The number of fused-ring (bicyclic) bond motifs is 1. The van der Waals surface area contributed by atoms with Crippen molar-refractivity contribution in [2.45, 2.75) is 26.9 Å². The zero-order valence-corrected chi connectivity index (χ0v) is 15.2.